The second-order valence-electron chi connectivity index (χ2n) is 2.63. The van der Waals surface area contributed by atoms with Crippen LogP contribution >= 0.6 is 49.9 Å². The van der Waals surface area contributed by atoms with Crippen LogP contribution in [0.4, 0.5) is 4.39 Å². The van der Waals surface area contributed by atoms with E-state index in [4.69, 9.17) is 0 Å². The zero-order valence-corrected chi connectivity index (χ0v) is 11.0. The molecule has 0 spiro atoms. The molecule has 1 aromatic carbocycles. The number of hydrogen-bond donors (Lipinski definition) is 0. The molecule has 1 heterocycles. The van der Waals surface area contributed by atoms with E-state index in [2.05, 4.69) is 38.5 Å². The molecule has 0 saturated carbocycles. The number of alkyl halides is 1. The Morgan fingerprint density at radius 2 is 2.23 bits per heavy atom. The highest BCUT2D eigenvalue weighted by atomic mass is 127. The van der Waals surface area contributed by atoms with E-state index in [1.165, 1.54) is 11.3 Å². The lowest BCUT2D eigenvalue weighted by Gasteiger charge is -1.93. The van der Waals surface area contributed by atoms with Crippen molar-refractivity contribution >= 4 is 59.9 Å². The molecule has 0 aliphatic rings. The lowest BCUT2D eigenvalue weighted by atomic mass is 10.2. The normalized spacial score (nSPS) is 11.0. The lowest BCUT2D eigenvalue weighted by Crippen LogP contribution is -1.77. The van der Waals surface area contributed by atoms with E-state index < -0.39 is 0 Å². The molecular formula is C9H5BrFIS. The molecule has 0 aliphatic carbocycles. The van der Waals surface area contributed by atoms with Gasteiger partial charge in [-0.15, -0.1) is 11.3 Å². The van der Waals surface area contributed by atoms with Crippen molar-refractivity contribution in [2.24, 2.45) is 0 Å². The van der Waals surface area contributed by atoms with E-state index in [0.717, 1.165) is 19.2 Å². The van der Waals surface area contributed by atoms with Crippen LogP contribution in [0.2, 0.25) is 0 Å². The Balaban J connectivity index is 2.79. The Bertz CT molecular complexity index is 452. The predicted molar refractivity (Wildman–Crippen MR) is 67.1 cm³/mol. The zero-order chi connectivity index (χ0) is 9.42. The van der Waals surface area contributed by atoms with Crippen LogP contribution in [0.3, 0.4) is 0 Å². The summed E-state index contributed by atoms with van der Waals surface area (Å²) < 4.78 is 15.5. The second-order valence-corrected chi connectivity index (χ2v) is 5.44. The summed E-state index contributed by atoms with van der Waals surface area (Å²) in [6, 6.07) is 5.99. The predicted octanol–water partition coefficient (Wildman–Crippen LogP) is 4.54. The van der Waals surface area contributed by atoms with Crippen molar-refractivity contribution in [1.29, 1.82) is 0 Å². The van der Waals surface area contributed by atoms with Crippen LogP contribution in [0.1, 0.15) is 5.56 Å². The second kappa shape index (κ2) is 3.82. The quantitative estimate of drug-likeness (QED) is 0.510. The van der Waals surface area contributed by atoms with E-state index in [0.29, 0.717) is 5.33 Å². The number of thiophene rings is 1. The minimum atomic E-state index is -0.0751. The fourth-order valence-corrected chi connectivity index (χ4v) is 3.64. The Kier molecular flexibility index (Phi) is 2.90. The molecule has 0 saturated heterocycles. The summed E-state index contributed by atoms with van der Waals surface area (Å²) in [6.45, 7) is 0. The standard InChI is InChI=1S/C9H5BrFIS/c10-4-7-6-2-1-5(12)3-8(6)13-9(7)11/h1-3H,4H2. The van der Waals surface area contributed by atoms with Gasteiger partial charge in [0.2, 0.25) is 0 Å². The minimum absolute atomic E-state index is 0.0751. The van der Waals surface area contributed by atoms with Crippen LogP contribution in [-0.4, -0.2) is 0 Å². The molecule has 0 fully saturated rings. The third kappa shape index (κ3) is 1.76. The fraction of sp³-hybridized carbons (Fsp3) is 0.111. The minimum Gasteiger partial charge on any atom is -0.195 e. The van der Waals surface area contributed by atoms with E-state index in [1.54, 1.807) is 0 Å². The topological polar surface area (TPSA) is 0 Å². The van der Waals surface area contributed by atoms with Crippen LogP contribution in [0.15, 0.2) is 18.2 Å². The Morgan fingerprint density at radius 1 is 1.46 bits per heavy atom. The smallest absolute Gasteiger partial charge is 0.181 e. The average molecular weight is 371 g/mol. The summed E-state index contributed by atoms with van der Waals surface area (Å²) in [5.74, 6) is 0. The summed E-state index contributed by atoms with van der Waals surface area (Å²) in [7, 11) is 0. The first kappa shape index (κ1) is 9.86. The molecule has 0 radical (unpaired) electrons. The fourth-order valence-electron chi connectivity index (χ4n) is 1.22. The van der Waals surface area contributed by atoms with Crippen molar-refractivity contribution in [2.45, 2.75) is 5.33 Å². The summed E-state index contributed by atoms with van der Waals surface area (Å²) >= 11 is 6.74. The first-order valence-corrected chi connectivity index (χ1v) is 6.66. The Morgan fingerprint density at radius 3 is 2.92 bits per heavy atom. The van der Waals surface area contributed by atoms with Crippen molar-refractivity contribution in [1.82, 2.24) is 0 Å². The lowest BCUT2D eigenvalue weighted by molar-refractivity contribution is 0.649. The van der Waals surface area contributed by atoms with Gasteiger partial charge in [-0.3, -0.25) is 0 Å². The van der Waals surface area contributed by atoms with Gasteiger partial charge in [0, 0.05) is 19.2 Å². The molecule has 13 heavy (non-hydrogen) atoms. The van der Waals surface area contributed by atoms with Crippen molar-refractivity contribution in [2.75, 3.05) is 0 Å². The molecule has 2 aromatic rings. The van der Waals surface area contributed by atoms with Gasteiger partial charge in [-0.05, 0) is 40.1 Å². The van der Waals surface area contributed by atoms with E-state index >= 15 is 0 Å². The average Bonchev–Trinajstić information content (AvgIpc) is 2.39. The maximum atomic E-state index is 13.3. The van der Waals surface area contributed by atoms with Crippen LogP contribution in [0, 0.1) is 8.70 Å². The number of hydrogen-bond acceptors (Lipinski definition) is 1. The number of benzene rings is 1. The first-order chi connectivity index (χ1) is 6.22. The SMILES string of the molecule is Fc1sc2cc(I)ccc2c1CBr. The Hall–Kier alpha value is 0.320. The van der Waals surface area contributed by atoms with Crippen molar-refractivity contribution in [3.63, 3.8) is 0 Å². The first-order valence-electron chi connectivity index (χ1n) is 3.65. The van der Waals surface area contributed by atoms with Gasteiger partial charge >= 0.3 is 0 Å². The molecule has 68 valence electrons. The third-order valence-electron chi connectivity index (χ3n) is 1.84. The molecule has 1 aromatic heterocycles. The maximum Gasteiger partial charge on any atom is 0.181 e. The maximum absolute atomic E-state index is 13.3. The largest absolute Gasteiger partial charge is 0.195 e. The highest BCUT2D eigenvalue weighted by molar-refractivity contribution is 14.1. The molecular weight excluding hydrogens is 366 g/mol. The summed E-state index contributed by atoms with van der Waals surface area (Å²) in [6.07, 6.45) is 0. The number of halogens is 3. The number of rotatable bonds is 1. The van der Waals surface area contributed by atoms with Crippen LogP contribution in [0.5, 0.6) is 0 Å². The van der Waals surface area contributed by atoms with Gasteiger partial charge in [0.25, 0.3) is 0 Å². The molecule has 4 heteroatoms. The van der Waals surface area contributed by atoms with Crippen molar-refractivity contribution in [3.05, 3.63) is 32.5 Å². The monoisotopic (exact) mass is 370 g/mol. The summed E-state index contributed by atoms with van der Waals surface area (Å²) in [5.41, 5.74) is 0.774. The van der Waals surface area contributed by atoms with E-state index in [-0.39, 0.29) is 5.13 Å². The molecule has 0 N–H and O–H groups in total. The molecule has 0 atom stereocenters. The highest BCUT2D eigenvalue weighted by Gasteiger charge is 2.10. The van der Waals surface area contributed by atoms with Gasteiger partial charge in [0.05, 0.1) is 0 Å². The summed E-state index contributed by atoms with van der Waals surface area (Å²) in [5, 5.41) is 1.54. The van der Waals surface area contributed by atoms with Gasteiger partial charge in [-0.25, -0.2) is 0 Å². The molecule has 0 bridgehead atoms. The van der Waals surface area contributed by atoms with Gasteiger partial charge < -0.3 is 0 Å². The van der Waals surface area contributed by atoms with Crippen molar-refractivity contribution in [3.8, 4) is 0 Å². The van der Waals surface area contributed by atoms with Gasteiger partial charge in [0.15, 0.2) is 5.13 Å². The summed E-state index contributed by atoms with van der Waals surface area (Å²) in [4.78, 5) is 0. The van der Waals surface area contributed by atoms with Crippen LogP contribution < -0.4 is 0 Å². The van der Waals surface area contributed by atoms with Gasteiger partial charge in [0.1, 0.15) is 0 Å². The molecule has 0 aliphatic heterocycles. The number of fused-ring (bicyclic) bond motifs is 1. The highest BCUT2D eigenvalue weighted by Crippen LogP contribution is 2.32. The molecule has 0 nitrogen and oxygen atoms in total. The van der Waals surface area contributed by atoms with E-state index in [9.17, 15) is 4.39 Å². The Labute approximate surface area is 101 Å². The van der Waals surface area contributed by atoms with E-state index in [1.807, 2.05) is 18.2 Å². The zero-order valence-electron chi connectivity index (χ0n) is 6.48. The van der Waals surface area contributed by atoms with Crippen LogP contribution in [0.25, 0.3) is 10.1 Å². The molecule has 0 unspecified atom stereocenters. The third-order valence-corrected chi connectivity index (χ3v) is 4.05. The van der Waals surface area contributed by atoms with Crippen LogP contribution in [-0.2, 0) is 5.33 Å². The van der Waals surface area contributed by atoms with Crippen molar-refractivity contribution < 1.29 is 4.39 Å². The molecule has 2 rings (SSSR count). The molecule has 0 amide bonds. The van der Waals surface area contributed by atoms with Gasteiger partial charge in [-0.1, -0.05) is 22.0 Å². The van der Waals surface area contributed by atoms with Gasteiger partial charge in [-0.2, -0.15) is 4.39 Å².